The third-order valence-electron chi connectivity index (χ3n) is 2.98. The summed E-state index contributed by atoms with van der Waals surface area (Å²) in [6.45, 7) is 2.04. The van der Waals surface area contributed by atoms with Crippen molar-refractivity contribution in [1.82, 2.24) is 0 Å². The lowest BCUT2D eigenvalue weighted by molar-refractivity contribution is -0.384. The minimum atomic E-state index is -0.581. The molecule has 0 saturated heterocycles. The minimum absolute atomic E-state index is 0.0161. The van der Waals surface area contributed by atoms with Crippen LogP contribution in [0.3, 0.4) is 0 Å². The number of hydrogen-bond acceptors (Lipinski definition) is 4. The molecule has 5 nitrogen and oxygen atoms in total. The number of aryl methyl sites for hydroxylation is 1. The van der Waals surface area contributed by atoms with Gasteiger partial charge in [-0.1, -0.05) is 12.1 Å². The van der Waals surface area contributed by atoms with Gasteiger partial charge in [-0.3, -0.25) is 10.1 Å². The van der Waals surface area contributed by atoms with E-state index in [1.54, 1.807) is 25.1 Å². The van der Waals surface area contributed by atoms with Crippen molar-refractivity contribution in [2.45, 2.75) is 13.5 Å². The van der Waals surface area contributed by atoms with Crippen molar-refractivity contribution >= 4 is 11.4 Å². The van der Waals surface area contributed by atoms with Crippen LogP contribution in [0.1, 0.15) is 16.7 Å². The Morgan fingerprint density at radius 2 is 2.10 bits per heavy atom. The van der Waals surface area contributed by atoms with E-state index >= 15 is 0 Å². The number of nitriles is 1. The number of anilines is 1. The summed E-state index contributed by atoms with van der Waals surface area (Å²) in [6, 6.07) is 10.8. The average Bonchev–Trinajstić information content (AvgIpc) is 2.47. The van der Waals surface area contributed by atoms with E-state index in [0.29, 0.717) is 11.3 Å². The predicted octanol–water partition coefficient (Wildman–Crippen LogP) is 3.53. The zero-order valence-electron chi connectivity index (χ0n) is 11.3. The quantitative estimate of drug-likeness (QED) is 0.688. The molecule has 0 aromatic heterocycles. The Kier molecular flexibility index (Phi) is 4.14. The van der Waals surface area contributed by atoms with E-state index in [1.807, 2.05) is 0 Å². The van der Waals surface area contributed by atoms with Crippen molar-refractivity contribution in [2.24, 2.45) is 0 Å². The summed E-state index contributed by atoms with van der Waals surface area (Å²) in [4.78, 5) is 10.5. The summed E-state index contributed by atoms with van der Waals surface area (Å²) in [7, 11) is 0. The van der Waals surface area contributed by atoms with E-state index in [0.717, 1.165) is 5.56 Å². The van der Waals surface area contributed by atoms with Crippen molar-refractivity contribution < 1.29 is 9.31 Å². The summed E-state index contributed by atoms with van der Waals surface area (Å²) in [5, 5.41) is 22.7. The summed E-state index contributed by atoms with van der Waals surface area (Å²) in [5.74, 6) is -0.581. The Labute approximate surface area is 120 Å². The SMILES string of the molecule is Cc1ccc(NCc2ccc(F)c(C#N)c2)c([N+](=O)[O-])c1. The van der Waals surface area contributed by atoms with Gasteiger partial charge in [0.15, 0.2) is 0 Å². The molecule has 0 heterocycles. The number of nitro groups is 1. The van der Waals surface area contributed by atoms with Crippen LogP contribution in [0, 0.1) is 34.2 Å². The highest BCUT2D eigenvalue weighted by Crippen LogP contribution is 2.25. The first kappa shape index (κ1) is 14.5. The first-order valence-corrected chi connectivity index (χ1v) is 6.18. The Hall–Kier alpha value is -2.94. The molecule has 106 valence electrons. The molecule has 1 N–H and O–H groups in total. The van der Waals surface area contributed by atoms with Gasteiger partial charge in [-0.25, -0.2) is 4.39 Å². The van der Waals surface area contributed by atoms with Gasteiger partial charge in [-0.15, -0.1) is 0 Å². The van der Waals surface area contributed by atoms with Gasteiger partial charge in [0, 0.05) is 12.6 Å². The van der Waals surface area contributed by atoms with Gasteiger partial charge >= 0.3 is 0 Å². The van der Waals surface area contributed by atoms with Gasteiger partial charge in [-0.2, -0.15) is 5.26 Å². The standard InChI is InChI=1S/C15H12FN3O2/c1-10-2-5-14(15(6-10)19(20)21)18-9-11-3-4-13(16)12(7-11)8-17/h2-7,18H,9H2,1H3. The molecule has 21 heavy (non-hydrogen) atoms. The second kappa shape index (κ2) is 6.01. The molecule has 0 fully saturated rings. The molecular formula is C15H12FN3O2. The molecule has 0 atom stereocenters. The van der Waals surface area contributed by atoms with Crippen molar-refractivity contribution in [1.29, 1.82) is 5.26 Å². The number of benzene rings is 2. The number of nitro benzene ring substituents is 1. The van der Waals surface area contributed by atoms with E-state index in [2.05, 4.69) is 5.32 Å². The maximum absolute atomic E-state index is 13.2. The molecular weight excluding hydrogens is 273 g/mol. The van der Waals surface area contributed by atoms with Crippen LogP contribution in [0.5, 0.6) is 0 Å². The van der Waals surface area contributed by atoms with Crippen LogP contribution in [-0.4, -0.2) is 4.92 Å². The molecule has 2 aromatic carbocycles. The second-order valence-electron chi connectivity index (χ2n) is 4.56. The Morgan fingerprint density at radius 3 is 2.76 bits per heavy atom. The Morgan fingerprint density at radius 1 is 1.33 bits per heavy atom. The fourth-order valence-corrected chi connectivity index (χ4v) is 1.91. The fraction of sp³-hybridized carbons (Fsp3) is 0.133. The summed E-state index contributed by atoms with van der Waals surface area (Å²) in [5.41, 5.74) is 1.78. The number of rotatable bonds is 4. The predicted molar refractivity (Wildman–Crippen MR) is 76.3 cm³/mol. The first-order chi connectivity index (χ1) is 10.0. The van der Waals surface area contributed by atoms with Crippen LogP contribution in [0.25, 0.3) is 0 Å². The zero-order valence-corrected chi connectivity index (χ0v) is 11.3. The van der Waals surface area contributed by atoms with Gasteiger partial charge in [0.25, 0.3) is 5.69 Å². The zero-order chi connectivity index (χ0) is 15.4. The molecule has 0 radical (unpaired) electrons. The van der Waals surface area contributed by atoms with Crippen LogP contribution < -0.4 is 5.32 Å². The first-order valence-electron chi connectivity index (χ1n) is 6.18. The van der Waals surface area contributed by atoms with Crippen LogP contribution in [0.2, 0.25) is 0 Å². The van der Waals surface area contributed by atoms with E-state index in [-0.39, 0.29) is 17.8 Å². The van der Waals surface area contributed by atoms with Crippen molar-refractivity contribution in [3.8, 4) is 6.07 Å². The molecule has 0 amide bonds. The smallest absolute Gasteiger partial charge is 0.292 e. The van der Waals surface area contributed by atoms with Crippen molar-refractivity contribution in [3.05, 3.63) is 69.0 Å². The molecule has 0 saturated carbocycles. The highest BCUT2D eigenvalue weighted by Gasteiger charge is 2.13. The molecule has 2 aromatic rings. The monoisotopic (exact) mass is 285 g/mol. The average molecular weight is 285 g/mol. The number of nitrogens with one attached hydrogen (secondary N) is 1. The lowest BCUT2D eigenvalue weighted by atomic mass is 10.1. The number of nitrogens with zero attached hydrogens (tertiary/aromatic N) is 2. The molecule has 0 spiro atoms. The van der Waals surface area contributed by atoms with Gasteiger partial charge in [0.1, 0.15) is 17.6 Å². The number of halogens is 1. The van der Waals surface area contributed by atoms with Crippen molar-refractivity contribution in [3.63, 3.8) is 0 Å². The maximum atomic E-state index is 13.2. The summed E-state index contributed by atoms with van der Waals surface area (Å²) >= 11 is 0. The van der Waals surface area contributed by atoms with Gasteiger partial charge in [0.05, 0.1) is 10.5 Å². The third-order valence-corrected chi connectivity index (χ3v) is 2.98. The van der Waals surface area contributed by atoms with Crippen LogP contribution in [-0.2, 0) is 6.54 Å². The van der Waals surface area contributed by atoms with Crippen LogP contribution in [0.4, 0.5) is 15.8 Å². The number of hydrogen-bond donors (Lipinski definition) is 1. The minimum Gasteiger partial charge on any atom is -0.375 e. The molecule has 0 aliphatic rings. The molecule has 0 unspecified atom stereocenters. The molecule has 6 heteroatoms. The van der Waals surface area contributed by atoms with Gasteiger partial charge < -0.3 is 5.32 Å². The van der Waals surface area contributed by atoms with Gasteiger partial charge in [0.2, 0.25) is 0 Å². The fourth-order valence-electron chi connectivity index (χ4n) is 1.91. The third kappa shape index (κ3) is 3.34. The lowest BCUT2D eigenvalue weighted by Gasteiger charge is -2.08. The maximum Gasteiger partial charge on any atom is 0.292 e. The van der Waals surface area contributed by atoms with Crippen LogP contribution >= 0.6 is 0 Å². The van der Waals surface area contributed by atoms with Crippen LogP contribution in [0.15, 0.2) is 36.4 Å². The molecule has 0 bridgehead atoms. The molecule has 2 rings (SSSR count). The molecule has 0 aliphatic carbocycles. The lowest BCUT2D eigenvalue weighted by Crippen LogP contribution is -2.03. The van der Waals surface area contributed by atoms with E-state index in [4.69, 9.17) is 5.26 Å². The summed E-state index contributed by atoms with van der Waals surface area (Å²) < 4.78 is 13.2. The summed E-state index contributed by atoms with van der Waals surface area (Å²) in [6.07, 6.45) is 0. The van der Waals surface area contributed by atoms with E-state index in [9.17, 15) is 14.5 Å². The molecule has 0 aliphatic heterocycles. The largest absolute Gasteiger partial charge is 0.375 e. The van der Waals surface area contributed by atoms with E-state index in [1.165, 1.54) is 24.3 Å². The highest BCUT2D eigenvalue weighted by atomic mass is 19.1. The highest BCUT2D eigenvalue weighted by molar-refractivity contribution is 5.62. The van der Waals surface area contributed by atoms with E-state index < -0.39 is 10.7 Å². The van der Waals surface area contributed by atoms with Gasteiger partial charge in [-0.05, 0) is 36.2 Å². The normalized spacial score (nSPS) is 9.95. The Balaban J connectivity index is 2.21. The second-order valence-corrected chi connectivity index (χ2v) is 4.56. The van der Waals surface area contributed by atoms with Crippen molar-refractivity contribution in [2.75, 3.05) is 5.32 Å². The topological polar surface area (TPSA) is 79.0 Å². The Bertz CT molecular complexity index is 738.